The number of hydrogen-bond donors (Lipinski definition) is 1. The fraction of sp³-hybridized carbons (Fsp3) is 0.381. The minimum Gasteiger partial charge on any atom is -0.372 e. The smallest absolute Gasteiger partial charge is 0.158 e. The highest BCUT2D eigenvalue weighted by molar-refractivity contribution is 7.19. The number of hydrazone groups is 1. The van der Waals surface area contributed by atoms with Crippen molar-refractivity contribution in [1.82, 2.24) is 9.97 Å². The van der Waals surface area contributed by atoms with Crippen LogP contribution in [0.1, 0.15) is 42.7 Å². The van der Waals surface area contributed by atoms with Gasteiger partial charge >= 0.3 is 0 Å². The lowest BCUT2D eigenvalue weighted by molar-refractivity contribution is 0.700. The molecule has 2 aromatic heterocycles. The molecule has 0 saturated heterocycles. The third-order valence-electron chi connectivity index (χ3n) is 5.16. The Balaban J connectivity index is 1.52. The molecule has 0 spiro atoms. The minimum absolute atomic E-state index is 0.815. The molecule has 1 aromatic carbocycles. The second-order valence-corrected chi connectivity index (χ2v) is 7.83. The number of aryl methyl sites for hydroxylation is 2. The number of anilines is 2. The highest BCUT2D eigenvalue weighted by Crippen LogP contribution is 2.38. The van der Waals surface area contributed by atoms with Crippen LogP contribution in [0.2, 0.25) is 0 Å². The van der Waals surface area contributed by atoms with Gasteiger partial charge in [0.05, 0.1) is 11.6 Å². The number of thiophene rings is 1. The molecule has 2 heterocycles. The van der Waals surface area contributed by atoms with E-state index < -0.39 is 0 Å². The van der Waals surface area contributed by atoms with Crippen LogP contribution in [-0.2, 0) is 12.8 Å². The molecule has 140 valence electrons. The van der Waals surface area contributed by atoms with Crippen molar-refractivity contribution >= 4 is 39.3 Å². The maximum atomic E-state index is 4.47. The fourth-order valence-corrected chi connectivity index (χ4v) is 4.93. The first-order valence-electron chi connectivity index (χ1n) is 9.69. The van der Waals surface area contributed by atoms with Crippen molar-refractivity contribution in [3.63, 3.8) is 0 Å². The zero-order valence-electron chi connectivity index (χ0n) is 15.9. The maximum Gasteiger partial charge on any atom is 0.158 e. The van der Waals surface area contributed by atoms with Gasteiger partial charge in [-0.3, -0.25) is 5.43 Å². The molecule has 0 aliphatic heterocycles. The van der Waals surface area contributed by atoms with E-state index in [1.165, 1.54) is 29.0 Å². The van der Waals surface area contributed by atoms with Gasteiger partial charge in [0.2, 0.25) is 0 Å². The van der Waals surface area contributed by atoms with E-state index in [1.54, 1.807) is 17.7 Å². The first kappa shape index (κ1) is 17.9. The van der Waals surface area contributed by atoms with Crippen LogP contribution >= 0.6 is 11.3 Å². The Morgan fingerprint density at radius 1 is 1.11 bits per heavy atom. The van der Waals surface area contributed by atoms with Crippen molar-refractivity contribution < 1.29 is 0 Å². The highest BCUT2D eigenvalue weighted by Gasteiger charge is 2.19. The third kappa shape index (κ3) is 3.67. The highest BCUT2D eigenvalue weighted by atomic mass is 32.1. The van der Waals surface area contributed by atoms with Gasteiger partial charge in [0.15, 0.2) is 5.82 Å². The maximum absolute atomic E-state index is 4.47. The van der Waals surface area contributed by atoms with Crippen molar-refractivity contribution in [3.8, 4) is 0 Å². The van der Waals surface area contributed by atoms with E-state index in [1.807, 2.05) is 6.21 Å². The van der Waals surface area contributed by atoms with Crippen molar-refractivity contribution in [2.24, 2.45) is 5.10 Å². The molecule has 0 fully saturated rings. The van der Waals surface area contributed by atoms with Gasteiger partial charge in [-0.2, -0.15) is 5.10 Å². The van der Waals surface area contributed by atoms with E-state index in [9.17, 15) is 0 Å². The Kier molecular flexibility index (Phi) is 5.34. The molecule has 0 unspecified atom stereocenters. The predicted octanol–water partition coefficient (Wildman–Crippen LogP) is 4.86. The number of aromatic nitrogens is 2. The van der Waals surface area contributed by atoms with Gasteiger partial charge < -0.3 is 4.90 Å². The molecule has 0 bridgehead atoms. The molecular formula is C21H25N5S. The van der Waals surface area contributed by atoms with Crippen molar-refractivity contribution in [3.05, 3.63) is 46.6 Å². The summed E-state index contributed by atoms with van der Waals surface area (Å²) in [6.45, 7) is 6.38. The summed E-state index contributed by atoms with van der Waals surface area (Å²) in [4.78, 5) is 13.8. The van der Waals surface area contributed by atoms with Gasteiger partial charge in [-0.1, -0.05) is 12.1 Å². The Morgan fingerprint density at radius 3 is 2.67 bits per heavy atom. The molecule has 0 amide bonds. The molecule has 27 heavy (non-hydrogen) atoms. The molecule has 3 aromatic rings. The quantitative estimate of drug-likeness (QED) is 0.491. The summed E-state index contributed by atoms with van der Waals surface area (Å²) in [5.41, 5.74) is 6.88. The number of fused-ring (bicyclic) bond motifs is 3. The van der Waals surface area contributed by atoms with Gasteiger partial charge in [-0.25, -0.2) is 9.97 Å². The Labute approximate surface area is 164 Å². The Bertz CT molecular complexity index is 941. The van der Waals surface area contributed by atoms with Crippen LogP contribution in [0.25, 0.3) is 10.2 Å². The summed E-state index contributed by atoms with van der Waals surface area (Å²) in [6, 6.07) is 8.49. The SMILES string of the molecule is CCN(CC)c1ccc(/C=N/Nc2ncnc3sc4c(c23)CCCC4)cc1. The molecule has 0 radical (unpaired) electrons. The Hall–Kier alpha value is -2.47. The van der Waals surface area contributed by atoms with Gasteiger partial charge in [-0.05, 0) is 62.8 Å². The summed E-state index contributed by atoms with van der Waals surface area (Å²) in [5, 5.41) is 5.59. The first-order valence-corrected chi connectivity index (χ1v) is 10.5. The van der Waals surface area contributed by atoms with Crippen LogP contribution in [0.5, 0.6) is 0 Å². The van der Waals surface area contributed by atoms with E-state index >= 15 is 0 Å². The topological polar surface area (TPSA) is 53.4 Å². The molecule has 6 heteroatoms. The predicted molar refractivity (Wildman–Crippen MR) is 115 cm³/mol. The summed E-state index contributed by atoms with van der Waals surface area (Å²) in [5.74, 6) is 0.815. The second kappa shape index (κ2) is 8.05. The largest absolute Gasteiger partial charge is 0.372 e. The molecular weight excluding hydrogens is 354 g/mol. The summed E-state index contributed by atoms with van der Waals surface area (Å²) in [6.07, 6.45) is 8.28. The monoisotopic (exact) mass is 379 g/mol. The zero-order chi connectivity index (χ0) is 18.6. The van der Waals surface area contributed by atoms with E-state index in [-0.39, 0.29) is 0 Å². The number of benzene rings is 1. The van der Waals surface area contributed by atoms with Crippen LogP contribution in [0.15, 0.2) is 35.7 Å². The average molecular weight is 380 g/mol. The number of nitrogens with zero attached hydrogens (tertiary/aromatic N) is 4. The van der Waals surface area contributed by atoms with E-state index in [2.05, 4.69) is 63.5 Å². The number of nitrogens with one attached hydrogen (secondary N) is 1. The molecule has 4 rings (SSSR count). The average Bonchev–Trinajstić information content (AvgIpc) is 3.09. The van der Waals surface area contributed by atoms with E-state index in [4.69, 9.17) is 0 Å². The van der Waals surface area contributed by atoms with E-state index in [0.717, 1.165) is 47.5 Å². The lowest BCUT2D eigenvalue weighted by Crippen LogP contribution is -2.21. The zero-order valence-corrected chi connectivity index (χ0v) is 16.7. The molecule has 1 N–H and O–H groups in total. The van der Waals surface area contributed by atoms with Gasteiger partial charge in [0.25, 0.3) is 0 Å². The summed E-state index contributed by atoms with van der Waals surface area (Å²) < 4.78 is 0. The molecule has 0 saturated carbocycles. The third-order valence-corrected chi connectivity index (χ3v) is 6.36. The van der Waals surface area contributed by atoms with Crippen molar-refractivity contribution in [1.29, 1.82) is 0 Å². The summed E-state index contributed by atoms with van der Waals surface area (Å²) >= 11 is 1.80. The van der Waals surface area contributed by atoms with E-state index in [0.29, 0.717) is 0 Å². The molecule has 0 atom stereocenters. The van der Waals surface area contributed by atoms with Crippen LogP contribution in [0.3, 0.4) is 0 Å². The molecule has 1 aliphatic rings. The van der Waals surface area contributed by atoms with Crippen molar-refractivity contribution in [2.75, 3.05) is 23.4 Å². The van der Waals surface area contributed by atoms with Crippen LogP contribution in [0, 0.1) is 0 Å². The number of rotatable bonds is 6. The Morgan fingerprint density at radius 2 is 1.89 bits per heavy atom. The van der Waals surface area contributed by atoms with Crippen molar-refractivity contribution in [2.45, 2.75) is 39.5 Å². The molecule has 1 aliphatic carbocycles. The lowest BCUT2D eigenvalue weighted by atomic mass is 9.97. The first-order chi connectivity index (χ1) is 13.3. The summed E-state index contributed by atoms with van der Waals surface area (Å²) in [7, 11) is 0. The molecule has 5 nitrogen and oxygen atoms in total. The van der Waals surface area contributed by atoms with Crippen LogP contribution in [-0.4, -0.2) is 29.3 Å². The van der Waals surface area contributed by atoms with Gasteiger partial charge in [-0.15, -0.1) is 11.3 Å². The van der Waals surface area contributed by atoms with Crippen LogP contribution in [0.4, 0.5) is 11.5 Å². The van der Waals surface area contributed by atoms with Crippen LogP contribution < -0.4 is 10.3 Å². The van der Waals surface area contributed by atoms with Gasteiger partial charge in [0.1, 0.15) is 11.2 Å². The standard InChI is InChI=1S/C21H25N5S/c1-3-26(4-2)16-11-9-15(10-12-16)13-24-25-20-19-17-7-5-6-8-18(17)27-21(19)23-14-22-20/h9-14H,3-8H2,1-2H3,(H,22,23,25)/b24-13+. The normalized spacial score (nSPS) is 13.9. The fourth-order valence-electron chi connectivity index (χ4n) is 3.70. The number of hydrogen-bond acceptors (Lipinski definition) is 6. The minimum atomic E-state index is 0.815. The van der Waals surface area contributed by atoms with Gasteiger partial charge in [0, 0.05) is 23.7 Å². The lowest BCUT2D eigenvalue weighted by Gasteiger charge is -2.20. The second-order valence-electron chi connectivity index (χ2n) is 6.75.